The second-order valence-corrected chi connectivity index (χ2v) is 5.51. The number of rotatable bonds is 3. The van der Waals surface area contributed by atoms with E-state index in [1.165, 1.54) is 0 Å². The van der Waals surface area contributed by atoms with E-state index in [1.807, 2.05) is 24.3 Å². The highest BCUT2D eigenvalue weighted by Crippen LogP contribution is 2.27. The van der Waals surface area contributed by atoms with Gasteiger partial charge < -0.3 is 21.1 Å². The Labute approximate surface area is 113 Å². The minimum Gasteiger partial charge on any atom is -0.382 e. The Morgan fingerprint density at radius 3 is 2.84 bits per heavy atom. The van der Waals surface area contributed by atoms with Gasteiger partial charge in [0.25, 0.3) is 0 Å². The van der Waals surface area contributed by atoms with Crippen molar-refractivity contribution in [3.63, 3.8) is 0 Å². The van der Waals surface area contributed by atoms with Gasteiger partial charge >= 0.3 is 6.03 Å². The highest BCUT2D eigenvalue weighted by molar-refractivity contribution is 5.88. The maximum Gasteiger partial charge on any atom is 0.316 e. The molecule has 0 bridgehead atoms. The Kier molecular flexibility index (Phi) is 3.95. The van der Waals surface area contributed by atoms with E-state index in [9.17, 15) is 4.79 Å². The van der Waals surface area contributed by atoms with Crippen molar-refractivity contribution >= 4 is 17.4 Å². The average molecular weight is 263 g/mol. The van der Waals surface area contributed by atoms with Crippen molar-refractivity contribution in [2.45, 2.75) is 38.3 Å². The summed E-state index contributed by atoms with van der Waals surface area (Å²) < 4.78 is 5.70. The molecule has 0 saturated carbocycles. The molecule has 1 fully saturated rings. The van der Waals surface area contributed by atoms with Crippen molar-refractivity contribution in [1.82, 2.24) is 0 Å². The number of anilines is 2. The van der Waals surface area contributed by atoms with Crippen LogP contribution in [0.5, 0.6) is 0 Å². The first-order valence-corrected chi connectivity index (χ1v) is 6.52. The third kappa shape index (κ3) is 4.13. The van der Waals surface area contributed by atoms with Gasteiger partial charge in [0.15, 0.2) is 0 Å². The molecule has 0 radical (unpaired) electrons. The highest BCUT2D eigenvalue weighted by Gasteiger charge is 2.28. The molecule has 1 atom stereocenters. The highest BCUT2D eigenvalue weighted by atomic mass is 16.5. The molecule has 1 aliphatic heterocycles. The first kappa shape index (κ1) is 13.7. The minimum atomic E-state index is -0.552. The van der Waals surface area contributed by atoms with Crippen molar-refractivity contribution in [3.8, 4) is 0 Å². The van der Waals surface area contributed by atoms with Gasteiger partial charge in [-0.2, -0.15) is 0 Å². The maximum absolute atomic E-state index is 10.8. The molecule has 0 aliphatic carbocycles. The van der Waals surface area contributed by atoms with E-state index in [-0.39, 0.29) is 5.60 Å². The van der Waals surface area contributed by atoms with Crippen LogP contribution in [0.4, 0.5) is 16.2 Å². The fraction of sp³-hybridized carbons (Fsp3) is 0.500. The van der Waals surface area contributed by atoms with Crippen LogP contribution in [0.3, 0.4) is 0 Å². The summed E-state index contributed by atoms with van der Waals surface area (Å²) in [7, 11) is 0. The molecule has 1 aliphatic rings. The predicted octanol–water partition coefficient (Wildman–Crippen LogP) is 2.55. The fourth-order valence-corrected chi connectivity index (χ4v) is 2.42. The molecular weight excluding hydrogens is 242 g/mol. The summed E-state index contributed by atoms with van der Waals surface area (Å²) in [5, 5.41) is 6.05. The van der Waals surface area contributed by atoms with E-state index in [2.05, 4.69) is 24.5 Å². The summed E-state index contributed by atoms with van der Waals surface area (Å²) in [5.41, 5.74) is 6.70. The number of carbonyl (C=O) groups excluding carboxylic acids is 1. The van der Waals surface area contributed by atoms with E-state index in [0.29, 0.717) is 11.7 Å². The first-order valence-electron chi connectivity index (χ1n) is 6.52. The quantitative estimate of drug-likeness (QED) is 0.784. The number of carbonyl (C=O) groups is 1. The summed E-state index contributed by atoms with van der Waals surface area (Å²) >= 11 is 0. The molecule has 5 heteroatoms. The van der Waals surface area contributed by atoms with E-state index >= 15 is 0 Å². The van der Waals surface area contributed by atoms with Gasteiger partial charge in [-0.3, -0.25) is 0 Å². The van der Waals surface area contributed by atoms with Crippen LogP contribution in [0.1, 0.15) is 26.7 Å². The summed E-state index contributed by atoms with van der Waals surface area (Å²) in [6, 6.07) is 7.39. The van der Waals surface area contributed by atoms with Gasteiger partial charge in [-0.25, -0.2) is 4.79 Å². The predicted molar refractivity (Wildman–Crippen MR) is 76.3 cm³/mol. The summed E-state index contributed by atoms with van der Waals surface area (Å²) in [4.78, 5) is 10.8. The number of benzene rings is 1. The third-order valence-corrected chi connectivity index (χ3v) is 3.20. The molecule has 104 valence electrons. The molecule has 2 amide bonds. The van der Waals surface area contributed by atoms with Crippen molar-refractivity contribution in [1.29, 1.82) is 0 Å². The van der Waals surface area contributed by atoms with Crippen LogP contribution in [0.25, 0.3) is 0 Å². The van der Waals surface area contributed by atoms with Gasteiger partial charge in [-0.1, -0.05) is 6.07 Å². The number of hydrogen-bond acceptors (Lipinski definition) is 3. The van der Waals surface area contributed by atoms with Crippen LogP contribution in [-0.2, 0) is 4.74 Å². The van der Waals surface area contributed by atoms with E-state index in [4.69, 9.17) is 10.5 Å². The molecular formula is C14H21N3O2. The lowest BCUT2D eigenvalue weighted by Crippen LogP contribution is -2.40. The lowest BCUT2D eigenvalue weighted by Gasteiger charge is -2.36. The molecule has 1 aromatic rings. The molecule has 2 rings (SSSR count). The molecule has 5 nitrogen and oxygen atoms in total. The Morgan fingerprint density at radius 1 is 1.42 bits per heavy atom. The number of amides is 2. The second-order valence-electron chi connectivity index (χ2n) is 5.51. The lowest BCUT2D eigenvalue weighted by molar-refractivity contribution is -0.0553. The van der Waals surface area contributed by atoms with Gasteiger partial charge in [0, 0.05) is 24.0 Å². The van der Waals surface area contributed by atoms with Crippen molar-refractivity contribution < 1.29 is 9.53 Å². The van der Waals surface area contributed by atoms with Crippen LogP contribution in [-0.4, -0.2) is 24.3 Å². The van der Waals surface area contributed by atoms with Crippen molar-refractivity contribution in [2.75, 3.05) is 17.2 Å². The summed E-state index contributed by atoms with van der Waals surface area (Å²) in [5.74, 6) is 0. The van der Waals surface area contributed by atoms with Crippen LogP contribution in [0.15, 0.2) is 24.3 Å². The minimum absolute atomic E-state index is 0.0843. The lowest BCUT2D eigenvalue weighted by atomic mass is 9.94. The van der Waals surface area contributed by atoms with Crippen LogP contribution in [0, 0.1) is 0 Å². The molecule has 1 aromatic carbocycles. The number of nitrogens with one attached hydrogen (secondary N) is 2. The molecule has 19 heavy (non-hydrogen) atoms. The Balaban J connectivity index is 2.00. The van der Waals surface area contributed by atoms with Gasteiger partial charge in [-0.05, 0) is 44.9 Å². The normalized spacial score (nSPS) is 21.7. The Morgan fingerprint density at radius 2 is 2.16 bits per heavy atom. The van der Waals surface area contributed by atoms with Gasteiger partial charge in [0.1, 0.15) is 0 Å². The van der Waals surface area contributed by atoms with Gasteiger partial charge in [0.2, 0.25) is 0 Å². The molecule has 1 unspecified atom stereocenters. The van der Waals surface area contributed by atoms with Crippen LogP contribution >= 0.6 is 0 Å². The van der Waals surface area contributed by atoms with Crippen LogP contribution in [0.2, 0.25) is 0 Å². The Bertz CT molecular complexity index is 460. The SMILES string of the molecule is CC1(C)CC(Nc2cccc(NC(N)=O)c2)CCO1. The van der Waals surface area contributed by atoms with Crippen molar-refractivity contribution in [2.24, 2.45) is 5.73 Å². The maximum atomic E-state index is 10.8. The van der Waals surface area contributed by atoms with Crippen molar-refractivity contribution in [3.05, 3.63) is 24.3 Å². The number of primary amides is 1. The topological polar surface area (TPSA) is 76.4 Å². The number of ether oxygens (including phenoxy) is 1. The second kappa shape index (κ2) is 5.48. The summed E-state index contributed by atoms with van der Waals surface area (Å²) in [6.45, 7) is 4.97. The molecule has 4 N–H and O–H groups in total. The third-order valence-electron chi connectivity index (χ3n) is 3.20. The molecule has 1 saturated heterocycles. The monoisotopic (exact) mass is 263 g/mol. The van der Waals surface area contributed by atoms with Gasteiger partial charge in [0.05, 0.1) is 5.60 Å². The first-order chi connectivity index (χ1) is 8.94. The molecule has 0 aromatic heterocycles. The standard InChI is InChI=1S/C14H21N3O2/c1-14(2)9-12(6-7-19-14)16-10-4-3-5-11(8-10)17-13(15)18/h3-5,8,12,16H,6-7,9H2,1-2H3,(H3,15,17,18). The summed E-state index contributed by atoms with van der Waals surface area (Å²) in [6.07, 6.45) is 1.94. The van der Waals surface area contributed by atoms with E-state index < -0.39 is 6.03 Å². The van der Waals surface area contributed by atoms with E-state index in [1.54, 1.807) is 0 Å². The van der Waals surface area contributed by atoms with Gasteiger partial charge in [-0.15, -0.1) is 0 Å². The number of nitrogens with two attached hydrogens (primary N) is 1. The average Bonchev–Trinajstić information content (AvgIpc) is 2.26. The van der Waals surface area contributed by atoms with Crippen LogP contribution < -0.4 is 16.4 Å². The fourth-order valence-electron chi connectivity index (χ4n) is 2.42. The number of hydrogen-bond donors (Lipinski definition) is 3. The zero-order valence-electron chi connectivity index (χ0n) is 11.4. The number of urea groups is 1. The smallest absolute Gasteiger partial charge is 0.316 e. The largest absolute Gasteiger partial charge is 0.382 e. The van der Waals surface area contributed by atoms with E-state index in [0.717, 1.165) is 25.1 Å². The molecule has 1 heterocycles. The molecule has 0 spiro atoms. The Hall–Kier alpha value is -1.75. The zero-order chi connectivity index (χ0) is 13.9. The zero-order valence-corrected chi connectivity index (χ0v) is 11.4.